The summed E-state index contributed by atoms with van der Waals surface area (Å²) in [5, 5.41) is 3.58. The van der Waals surface area contributed by atoms with Gasteiger partial charge in [0.25, 0.3) is 0 Å². The summed E-state index contributed by atoms with van der Waals surface area (Å²) in [4.78, 5) is 0. The summed E-state index contributed by atoms with van der Waals surface area (Å²) in [7, 11) is 1.74. The van der Waals surface area contributed by atoms with Gasteiger partial charge in [-0.3, -0.25) is 0 Å². The van der Waals surface area contributed by atoms with Gasteiger partial charge in [0, 0.05) is 19.0 Å². The van der Waals surface area contributed by atoms with E-state index >= 15 is 0 Å². The van der Waals surface area contributed by atoms with E-state index in [1.165, 1.54) is 11.1 Å². The second kappa shape index (κ2) is 4.31. The first-order valence-electron chi connectivity index (χ1n) is 6.31. The molecule has 1 fully saturated rings. The maximum Gasteiger partial charge on any atom is 0.122 e. The molecule has 1 aromatic carbocycles. The van der Waals surface area contributed by atoms with Gasteiger partial charge in [0.15, 0.2) is 0 Å². The molecule has 0 amide bonds. The van der Waals surface area contributed by atoms with Crippen molar-refractivity contribution in [3.8, 4) is 5.75 Å². The second-order valence-corrected chi connectivity index (χ2v) is 5.01. The van der Waals surface area contributed by atoms with E-state index in [1.807, 2.05) is 6.07 Å². The lowest BCUT2D eigenvalue weighted by Crippen LogP contribution is -2.55. The van der Waals surface area contributed by atoms with Gasteiger partial charge in [-0.15, -0.1) is 0 Å². The summed E-state index contributed by atoms with van der Waals surface area (Å²) < 4.78 is 11.5. The molecule has 0 spiro atoms. The first-order chi connectivity index (χ1) is 8.28. The van der Waals surface area contributed by atoms with Crippen LogP contribution in [0.25, 0.3) is 0 Å². The topological polar surface area (TPSA) is 30.5 Å². The molecule has 3 nitrogen and oxygen atoms in total. The number of nitrogens with one attached hydrogen (secondary N) is 1. The molecule has 0 bridgehead atoms. The Morgan fingerprint density at radius 1 is 1.35 bits per heavy atom. The van der Waals surface area contributed by atoms with E-state index in [4.69, 9.17) is 9.47 Å². The van der Waals surface area contributed by atoms with E-state index in [-0.39, 0.29) is 0 Å². The fraction of sp³-hybridized carbons (Fsp3) is 0.571. The second-order valence-electron chi connectivity index (χ2n) is 5.01. The van der Waals surface area contributed by atoms with Gasteiger partial charge < -0.3 is 14.8 Å². The zero-order valence-electron chi connectivity index (χ0n) is 10.4. The fourth-order valence-corrected chi connectivity index (χ4v) is 2.95. The Bertz CT molecular complexity index is 419. The smallest absolute Gasteiger partial charge is 0.122 e. The van der Waals surface area contributed by atoms with Crippen LogP contribution in [-0.4, -0.2) is 31.9 Å². The number of ether oxygens (including phenoxy) is 2. The molecule has 1 N–H and O–H groups in total. The molecular weight excluding hydrogens is 214 g/mol. The minimum absolute atomic E-state index is 0.318. The van der Waals surface area contributed by atoms with Crippen LogP contribution in [0.15, 0.2) is 18.2 Å². The highest BCUT2D eigenvalue weighted by Gasteiger charge is 2.34. The van der Waals surface area contributed by atoms with Crippen LogP contribution in [0.2, 0.25) is 0 Å². The number of hydrogen-bond donors (Lipinski definition) is 1. The number of rotatable bonds is 1. The van der Waals surface area contributed by atoms with Crippen molar-refractivity contribution in [3.63, 3.8) is 0 Å². The quantitative estimate of drug-likeness (QED) is 0.798. The zero-order chi connectivity index (χ0) is 11.8. The highest BCUT2D eigenvalue weighted by Crippen LogP contribution is 2.32. The van der Waals surface area contributed by atoms with E-state index in [2.05, 4.69) is 24.4 Å². The predicted octanol–water partition coefficient (Wildman–Crippen LogP) is 1.54. The SMILES string of the molecule is COc1cccc2c1C[C@@H]1NC[C@@H](C)O[C@H]1C2. The lowest BCUT2D eigenvalue weighted by atomic mass is 9.84. The van der Waals surface area contributed by atoms with Crippen LogP contribution >= 0.6 is 0 Å². The molecule has 1 aromatic rings. The minimum Gasteiger partial charge on any atom is -0.496 e. The molecule has 3 heteroatoms. The molecule has 1 aliphatic heterocycles. The van der Waals surface area contributed by atoms with E-state index in [1.54, 1.807) is 7.11 Å². The summed E-state index contributed by atoms with van der Waals surface area (Å²) in [6.45, 7) is 3.08. The molecule has 0 saturated carbocycles. The van der Waals surface area contributed by atoms with E-state index in [0.29, 0.717) is 18.2 Å². The van der Waals surface area contributed by atoms with Crippen molar-refractivity contribution >= 4 is 0 Å². The monoisotopic (exact) mass is 233 g/mol. The lowest BCUT2D eigenvalue weighted by Gasteiger charge is -2.40. The molecule has 1 heterocycles. The third-order valence-electron chi connectivity index (χ3n) is 3.82. The Morgan fingerprint density at radius 2 is 2.24 bits per heavy atom. The van der Waals surface area contributed by atoms with Crippen LogP contribution in [-0.2, 0) is 17.6 Å². The highest BCUT2D eigenvalue weighted by molar-refractivity contribution is 5.43. The zero-order valence-corrected chi connectivity index (χ0v) is 10.4. The van der Waals surface area contributed by atoms with Gasteiger partial charge in [0.2, 0.25) is 0 Å². The summed E-state index contributed by atoms with van der Waals surface area (Å²) in [6, 6.07) is 6.75. The van der Waals surface area contributed by atoms with Crippen molar-refractivity contribution in [2.24, 2.45) is 0 Å². The first kappa shape index (κ1) is 11.1. The van der Waals surface area contributed by atoms with E-state index < -0.39 is 0 Å². The van der Waals surface area contributed by atoms with Crippen molar-refractivity contribution in [1.29, 1.82) is 0 Å². The predicted molar refractivity (Wildman–Crippen MR) is 66.5 cm³/mol. The Morgan fingerprint density at radius 3 is 3.06 bits per heavy atom. The molecule has 0 aromatic heterocycles. The number of hydrogen-bond acceptors (Lipinski definition) is 3. The van der Waals surface area contributed by atoms with Crippen molar-refractivity contribution in [3.05, 3.63) is 29.3 Å². The maximum absolute atomic E-state index is 6.02. The summed E-state index contributed by atoms with van der Waals surface area (Å²) in [5.74, 6) is 1.02. The van der Waals surface area contributed by atoms with Crippen molar-refractivity contribution in [1.82, 2.24) is 5.32 Å². The highest BCUT2D eigenvalue weighted by atomic mass is 16.5. The minimum atomic E-state index is 0.318. The van der Waals surface area contributed by atoms with Gasteiger partial charge in [0.05, 0.1) is 19.3 Å². The average molecular weight is 233 g/mol. The number of benzene rings is 1. The van der Waals surface area contributed by atoms with Crippen LogP contribution in [0.5, 0.6) is 5.75 Å². The Labute approximate surface area is 102 Å². The molecule has 3 atom stereocenters. The molecular formula is C14H19NO2. The van der Waals surface area contributed by atoms with Gasteiger partial charge in [-0.05, 0) is 30.5 Å². The fourth-order valence-electron chi connectivity index (χ4n) is 2.95. The molecule has 3 rings (SSSR count). The lowest BCUT2D eigenvalue weighted by molar-refractivity contribution is -0.0566. The van der Waals surface area contributed by atoms with Gasteiger partial charge in [-0.25, -0.2) is 0 Å². The summed E-state index contributed by atoms with van der Waals surface area (Å²) in [6.07, 6.45) is 2.65. The molecule has 0 radical (unpaired) electrons. The average Bonchev–Trinajstić information content (AvgIpc) is 2.35. The third-order valence-corrected chi connectivity index (χ3v) is 3.82. The van der Waals surface area contributed by atoms with Crippen LogP contribution in [0.1, 0.15) is 18.1 Å². The van der Waals surface area contributed by atoms with E-state index in [0.717, 1.165) is 25.1 Å². The third kappa shape index (κ3) is 1.94. The standard InChI is InChI=1S/C14H19NO2/c1-9-8-15-12-7-11-10(6-14(12)17-9)4-3-5-13(11)16-2/h3-5,9,12,14-15H,6-8H2,1-2H3/t9-,12+,14+/m1/s1. The van der Waals surface area contributed by atoms with Gasteiger partial charge >= 0.3 is 0 Å². The Kier molecular flexibility index (Phi) is 2.81. The Hall–Kier alpha value is -1.06. The van der Waals surface area contributed by atoms with Crippen LogP contribution < -0.4 is 10.1 Å². The van der Waals surface area contributed by atoms with Gasteiger partial charge in [0.1, 0.15) is 5.75 Å². The van der Waals surface area contributed by atoms with Crippen LogP contribution in [0.3, 0.4) is 0 Å². The molecule has 1 saturated heterocycles. The molecule has 17 heavy (non-hydrogen) atoms. The molecule has 0 unspecified atom stereocenters. The molecule has 1 aliphatic carbocycles. The van der Waals surface area contributed by atoms with Gasteiger partial charge in [-0.1, -0.05) is 12.1 Å². The normalized spacial score (nSPS) is 31.5. The van der Waals surface area contributed by atoms with Crippen LogP contribution in [0, 0.1) is 0 Å². The Balaban J connectivity index is 1.91. The van der Waals surface area contributed by atoms with Crippen LogP contribution in [0.4, 0.5) is 0 Å². The summed E-state index contributed by atoms with van der Waals surface area (Å²) in [5.41, 5.74) is 2.73. The van der Waals surface area contributed by atoms with E-state index in [9.17, 15) is 0 Å². The molecule has 2 aliphatic rings. The first-order valence-corrected chi connectivity index (χ1v) is 6.31. The van der Waals surface area contributed by atoms with Crippen molar-refractivity contribution < 1.29 is 9.47 Å². The molecule has 92 valence electrons. The van der Waals surface area contributed by atoms with Gasteiger partial charge in [-0.2, -0.15) is 0 Å². The number of morpholine rings is 1. The largest absolute Gasteiger partial charge is 0.496 e. The van der Waals surface area contributed by atoms with Crippen molar-refractivity contribution in [2.45, 2.75) is 38.0 Å². The number of fused-ring (bicyclic) bond motifs is 2. The van der Waals surface area contributed by atoms with Crippen molar-refractivity contribution in [2.75, 3.05) is 13.7 Å². The maximum atomic E-state index is 6.02. The number of methoxy groups -OCH3 is 1. The summed E-state index contributed by atoms with van der Waals surface area (Å²) >= 11 is 0.